The molecular formula is C25H44N4O5. The molecule has 2 aliphatic heterocycles. The predicted molar refractivity (Wildman–Crippen MR) is 130 cm³/mol. The third kappa shape index (κ3) is 8.05. The molecule has 4 atom stereocenters. The normalized spacial score (nSPS) is 23.6. The van der Waals surface area contributed by atoms with E-state index in [1.807, 2.05) is 34.6 Å². The molecule has 0 aliphatic carbocycles. The van der Waals surface area contributed by atoms with E-state index < -0.39 is 23.7 Å². The molecule has 3 amide bonds. The maximum absolute atomic E-state index is 13.2. The average Bonchev–Trinajstić information content (AvgIpc) is 3.32. The van der Waals surface area contributed by atoms with Gasteiger partial charge in [-0.25, -0.2) is 0 Å². The molecule has 34 heavy (non-hydrogen) atoms. The second kappa shape index (κ2) is 12.6. The van der Waals surface area contributed by atoms with E-state index in [0.717, 1.165) is 19.3 Å². The van der Waals surface area contributed by atoms with Crippen LogP contribution in [0.4, 0.5) is 0 Å². The van der Waals surface area contributed by atoms with E-state index in [0.29, 0.717) is 32.4 Å². The Bertz CT molecular complexity index is 735. The lowest BCUT2D eigenvalue weighted by molar-refractivity contribution is -0.139. The molecule has 0 aromatic rings. The summed E-state index contributed by atoms with van der Waals surface area (Å²) in [4.78, 5) is 53.5. The first kappa shape index (κ1) is 28.2. The first-order valence-electron chi connectivity index (χ1n) is 12.8. The van der Waals surface area contributed by atoms with Crippen LogP contribution >= 0.6 is 0 Å². The molecule has 0 radical (unpaired) electrons. The summed E-state index contributed by atoms with van der Waals surface area (Å²) in [5.41, 5.74) is -0.830. The Morgan fingerprint density at radius 2 is 1.76 bits per heavy atom. The zero-order valence-corrected chi connectivity index (χ0v) is 21.7. The molecular weight excluding hydrogens is 436 g/mol. The maximum Gasteiger partial charge on any atom is 0.243 e. The number of rotatable bonds is 14. The summed E-state index contributed by atoms with van der Waals surface area (Å²) in [5.74, 6) is -0.697. The van der Waals surface area contributed by atoms with Crippen LogP contribution in [0.3, 0.4) is 0 Å². The van der Waals surface area contributed by atoms with Crippen LogP contribution in [0.25, 0.3) is 0 Å². The minimum Gasteiger partial charge on any atom is -0.361 e. The van der Waals surface area contributed by atoms with E-state index in [-0.39, 0.29) is 42.0 Å². The van der Waals surface area contributed by atoms with Crippen LogP contribution in [-0.4, -0.2) is 77.9 Å². The molecule has 3 N–H and O–H groups in total. The van der Waals surface area contributed by atoms with Gasteiger partial charge in [0.1, 0.15) is 17.7 Å². The van der Waals surface area contributed by atoms with E-state index in [1.54, 1.807) is 11.8 Å². The Kier molecular flexibility index (Phi) is 10.5. The smallest absolute Gasteiger partial charge is 0.243 e. The highest BCUT2D eigenvalue weighted by Gasteiger charge is 2.50. The van der Waals surface area contributed by atoms with Gasteiger partial charge in [-0.05, 0) is 38.5 Å². The molecule has 0 bridgehead atoms. The number of ketones is 1. The topological polar surface area (TPSA) is 120 Å². The third-order valence-corrected chi connectivity index (χ3v) is 6.46. The van der Waals surface area contributed by atoms with Crippen LogP contribution in [0.1, 0.15) is 80.1 Å². The number of epoxide rings is 1. The SMILES string of the molecule is CCCC[C@H](NC(=O)[C@@H]1CCCN1C(=O)CNC(C)C)C(=O)NC(CC(C)C)C(=O)[C@@]1(C)CO1. The Labute approximate surface area is 204 Å². The van der Waals surface area contributed by atoms with Gasteiger partial charge in [-0.15, -0.1) is 0 Å². The monoisotopic (exact) mass is 480 g/mol. The van der Waals surface area contributed by atoms with Gasteiger partial charge in [0.2, 0.25) is 17.7 Å². The first-order chi connectivity index (χ1) is 16.0. The largest absolute Gasteiger partial charge is 0.361 e. The van der Waals surface area contributed by atoms with Crippen LogP contribution in [0, 0.1) is 5.92 Å². The quantitative estimate of drug-likeness (QED) is 0.325. The highest BCUT2D eigenvalue weighted by molar-refractivity contribution is 5.98. The summed E-state index contributed by atoms with van der Waals surface area (Å²) in [6.45, 7) is 12.8. The van der Waals surface area contributed by atoms with Crippen molar-refractivity contribution < 1.29 is 23.9 Å². The van der Waals surface area contributed by atoms with Crippen molar-refractivity contribution >= 4 is 23.5 Å². The Morgan fingerprint density at radius 3 is 2.32 bits per heavy atom. The second-order valence-corrected chi connectivity index (χ2v) is 10.6. The summed E-state index contributed by atoms with van der Waals surface area (Å²) in [5, 5.41) is 8.88. The van der Waals surface area contributed by atoms with Gasteiger partial charge in [0, 0.05) is 12.6 Å². The lowest BCUT2D eigenvalue weighted by Gasteiger charge is -2.28. The molecule has 0 aromatic carbocycles. The summed E-state index contributed by atoms with van der Waals surface area (Å²) >= 11 is 0. The van der Waals surface area contributed by atoms with E-state index >= 15 is 0 Å². The molecule has 194 valence electrons. The fourth-order valence-electron chi connectivity index (χ4n) is 4.27. The van der Waals surface area contributed by atoms with Crippen molar-refractivity contribution in [2.75, 3.05) is 19.7 Å². The van der Waals surface area contributed by atoms with Crippen molar-refractivity contribution in [1.29, 1.82) is 0 Å². The van der Waals surface area contributed by atoms with E-state index in [4.69, 9.17) is 4.74 Å². The summed E-state index contributed by atoms with van der Waals surface area (Å²) in [6.07, 6.45) is 3.93. The lowest BCUT2D eigenvalue weighted by Crippen LogP contribution is -2.56. The molecule has 1 unspecified atom stereocenters. The molecule has 9 nitrogen and oxygen atoms in total. The molecule has 2 fully saturated rings. The minimum absolute atomic E-state index is 0.110. The van der Waals surface area contributed by atoms with Gasteiger partial charge in [0.15, 0.2) is 5.78 Å². The number of hydrogen-bond donors (Lipinski definition) is 3. The fraction of sp³-hybridized carbons (Fsp3) is 0.840. The van der Waals surface area contributed by atoms with E-state index in [1.165, 1.54) is 0 Å². The Morgan fingerprint density at radius 1 is 1.09 bits per heavy atom. The highest BCUT2D eigenvalue weighted by Crippen LogP contribution is 2.29. The van der Waals surface area contributed by atoms with Crippen molar-refractivity contribution in [2.24, 2.45) is 5.92 Å². The number of amides is 3. The Hall–Kier alpha value is -2.00. The minimum atomic E-state index is -0.830. The van der Waals surface area contributed by atoms with Gasteiger partial charge in [-0.1, -0.05) is 47.5 Å². The van der Waals surface area contributed by atoms with Crippen LogP contribution < -0.4 is 16.0 Å². The number of carbonyl (C=O) groups excluding carboxylic acids is 4. The molecule has 2 saturated heterocycles. The van der Waals surface area contributed by atoms with Crippen molar-refractivity contribution in [1.82, 2.24) is 20.9 Å². The van der Waals surface area contributed by atoms with Gasteiger partial charge >= 0.3 is 0 Å². The van der Waals surface area contributed by atoms with Gasteiger partial charge in [0.05, 0.1) is 19.2 Å². The summed E-state index contributed by atoms with van der Waals surface area (Å²) in [7, 11) is 0. The molecule has 0 aromatic heterocycles. The zero-order chi connectivity index (χ0) is 25.5. The van der Waals surface area contributed by atoms with Gasteiger partial charge in [0.25, 0.3) is 0 Å². The van der Waals surface area contributed by atoms with Crippen LogP contribution in [-0.2, 0) is 23.9 Å². The molecule has 2 heterocycles. The van der Waals surface area contributed by atoms with Crippen molar-refractivity contribution in [3.8, 4) is 0 Å². The number of carbonyl (C=O) groups is 4. The first-order valence-corrected chi connectivity index (χ1v) is 12.8. The number of ether oxygens (including phenoxy) is 1. The molecule has 0 saturated carbocycles. The van der Waals surface area contributed by atoms with E-state index in [2.05, 4.69) is 16.0 Å². The number of likely N-dealkylation sites (tertiary alicyclic amines) is 1. The van der Waals surface area contributed by atoms with Crippen LogP contribution in [0.15, 0.2) is 0 Å². The zero-order valence-electron chi connectivity index (χ0n) is 21.7. The fourth-order valence-corrected chi connectivity index (χ4v) is 4.27. The van der Waals surface area contributed by atoms with Gasteiger partial charge < -0.3 is 25.6 Å². The maximum atomic E-state index is 13.2. The number of nitrogens with one attached hydrogen (secondary N) is 3. The second-order valence-electron chi connectivity index (χ2n) is 10.6. The highest BCUT2D eigenvalue weighted by atomic mass is 16.6. The molecule has 9 heteroatoms. The molecule has 2 rings (SSSR count). The molecule has 0 spiro atoms. The average molecular weight is 481 g/mol. The Balaban J connectivity index is 2.06. The van der Waals surface area contributed by atoms with Crippen molar-refractivity contribution in [2.45, 2.75) is 110 Å². The van der Waals surface area contributed by atoms with Crippen molar-refractivity contribution in [3.05, 3.63) is 0 Å². The number of nitrogens with zero attached hydrogens (tertiary/aromatic N) is 1. The van der Waals surface area contributed by atoms with Crippen molar-refractivity contribution in [3.63, 3.8) is 0 Å². The predicted octanol–water partition coefficient (Wildman–Crippen LogP) is 1.54. The number of Topliss-reactive ketones (excluding diaryl/α,β-unsaturated/α-hetero) is 1. The van der Waals surface area contributed by atoms with Crippen LogP contribution in [0.5, 0.6) is 0 Å². The molecule has 2 aliphatic rings. The van der Waals surface area contributed by atoms with Crippen LogP contribution in [0.2, 0.25) is 0 Å². The standard InChI is InChI=1S/C25H44N4O5/c1-7-8-10-18(23(32)28-19(13-16(2)3)22(31)25(6)15-34-25)27-24(33)20-11-9-12-29(20)21(30)14-26-17(4)5/h16-20,26H,7-15H2,1-6H3,(H,27,33)(H,28,32)/t18-,19?,20-,25+/m0/s1. The third-order valence-electron chi connectivity index (χ3n) is 6.46. The van der Waals surface area contributed by atoms with E-state index in [9.17, 15) is 19.2 Å². The lowest BCUT2D eigenvalue weighted by atomic mass is 9.93. The number of hydrogen-bond acceptors (Lipinski definition) is 6. The summed E-state index contributed by atoms with van der Waals surface area (Å²) < 4.78 is 5.31. The summed E-state index contributed by atoms with van der Waals surface area (Å²) in [6, 6.07) is -1.82. The number of unbranched alkanes of at least 4 members (excludes halogenated alkanes) is 1. The van der Waals surface area contributed by atoms with Gasteiger partial charge in [-0.3, -0.25) is 19.2 Å². The van der Waals surface area contributed by atoms with Gasteiger partial charge in [-0.2, -0.15) is 0 Å².